The molecule has 2 aromatic rings. The third kappa shape index (κ3) is 4.23. The van der Waals surface area contributed by atoms with Gasteiger partial charge in [-0.25, -0.2) is 9.18 Å². The molecule has 2 aromatic carbocycles. The molecule has 0 aromatic heterocycles. The van der Waals surface area contributed by atoms with E-state index >= 15 is 0 Å². The fourth-order valence-corrected chi connectivity index (χ4v) is 2.09. The minimum Gasteiger partial charge on any atom is -0.449 e. The van der Waals surface area contributed by atoms with Gasteiger partial charge in [-0.05, 0) is 49.7 Å². The van der Waals surface area contributed by atoms with Gasteiger partial charge in [0.05, 0.1) is 5.56 Å². The van der Waals surface area contributed by atoms with E-state index in [4.69, 9.17) is 22.1 Å². The van der Waals surface area contributed by atoms with Crippen LogP contribution in [0.2, 0.25) is 5.02 Å². The Kier molecular flexibility index (Phi) is 5.41. The molecule has 0 unspecified atom stereocenters. The Morgan fingerprint density at radius 3 is 2.58 bits per heavy atom. The summed E-state index contributed by atoms with van der Waals surface area (Å²) in [6.45, 7) is 3.02. The summed E-state index contributed by atoms with van der Waals surface area (Å²) in [5.41, 5.74) is 6.70. The Labute approximate surface area is 143 Å². The van der Waals surface area contributed by atoms with Crippen molar-refractivity contribution in [2.45, 2.75) is 20.0 Å². The predicted molar refractivity (Wildman–Crippen MR) is 90.5 cm³/mol. The van der Waals surface area contributed by atoms with Gasteiger partial charge in [-0.1, -0.05) is 17.7 Å². The quantitative estimate of drug-likeness (QED) is 0.652. The second-order valence-corrected chi connectivity index (χ2v) is 5.67. The first-order valence-corrected chi connectivity index (χ1v) is 7.48. The SMILES string of the molecule is Cc1ccc(NC(=O)[C@@H](C)OC(=O)c2ccc(Cl)cc2N)cc1F. The Hall–Kier alpha value is -2.60. The first kappa shape index (κ1) is 17.7. The van der Waals surface area contributed by atoms with Gasteiger partial charge in [-0.3, -0.25) is 4.79 Å². The number of nitrogen functional groups attached to an aromatic ring is 1. The lowest BCUT2D eigenvalue weighted by molar-refractivity contribution is -0.123. The van der Waals surface area contributed by atoms with E-state index < -0.39 is 23.8 Å². The van der Waals surface area contributed by atoms with E-state index in [-0.39, 0.29) is 16.9 Å². The minimum absolute atomic E-state index is 0.112. The van der Waals surface area contributed by atoms with Crippen molar-refractivity contribution in [2.75, 3.05) is 11.1 Å². The van der Waals surface area contributed by atoms with Crippen LogP contribution in [0.25, 0.3) is 0 Å². The van der Waals surface area contributed by atoms with Crippen LogP contribution < -0.4 is 11.1 Å². The molecule has 3 N–H and O–H groups in total. The first-order valence-electron chi connectivity index (χ1n) is 7.11. The molecule has 7 heteroatoms. The number of nitrogens with two attached hydrogens (primary N) is 1. The molecule has 5 nitrogen and oxygen atoms in total. The fourth-order valence-electron chi connectivity index (χ4n) is 1.91. The lowest BCUT2D eigenvalue weighted by Gasteiger charge is -2.14. The molecular weight excluding hydrogens is 335 g/mol. The van der Waals surface area contributed by atoms with Crippen LogP contribution in [0.4, 0.5) is 15.8 Å². The molecule has 0 heterocycles. The van der Waals surface area contributed by atoms with Gasteiger partial charge in [0.2, 0.25) is 0 Å². The molecule has 1 atom stereocenters. The molecule has 0 fully saturated rings. The number of aryl methyl sites for hydroxylation is 1. The molecule has 0 aliphatic rings. The number of hydrogen-bond acceptors (Lipinski definition) is 4. The van der Waals surface area contributed by atoms with Crippen LogP contribution in [0.1, 0.15) is 22.8 Å². The highest BCUT2D eigenvalue weighted by molar-refractivity contribution is 6.31. The number of hydrogen-bond donors (Lipinski definition) is 2. The zero-order valence-electron chi connectivity index (χ0n) is 13.1. The van der Waals surface area contributed by atoms with Crippen LogP contribution in [0.5, 0.6) is 0 Å². The Morgan fingerprint density at radius 2 is 1.96 bits per heavy atom. The first-order chi connectivity index (χ1) is 11.3. The third-order valence-electron chi connectivity index (χ3n) is 3.33. The normalized spacial score (nSPS) is 11.7. The summed E-state index contributed by atoms with van der Waals surface area (Å²) in [7, 11) is 0. The van der Waals surface area contributed by atoms with Gasteiger partial charge in [0.1, 0.15) is 5.82 Å². The number of rotatable bonds is 4. The highest BCUT2D eigenvalue weighted by Crippen LogP contribution is 2.20. The van der Waals surface area contributed by atoms with Crippen LogP contribution in [0.3, 0.4) is 0 Å². The van der Waals surface area contributed by atoms with E-state index in [1.54, 1.807) is 13.0 Å². The van der Waals surface area contributed by atoms with Gasteiger partial charge in [0.25, 0.3) is 5.91 Å². The van der Waals surface area contributed by atoms with E-state index in [2.05, 4.69) is 5.32 Å². The number of carbonyl (C=O) groups excluding carboxylic acids is 2. The van der Waals surface area contributed by atoms with Gasteiger partial charge in [0.15, 0.2) is 6.10 Å². The number of ether oxygens (including phenoxy) is 1. The van der Waals surface area contributed by atoms with Crippen LogP contribution in [0, 0.1) is 12.7 Å². The average Bonchev–Trinajstić information content (AvgIpc) is 2.50. The maximum atomic E-state index is 13.5. The molecule has 0 saturated carbocycles. The zero-order chi connectivity index (χ0) is 17.9. The van der Waals surface area contributed by atoms with Crippen molar-refractivity contribution in [3.63, 3.8) is 0 Å². The van der Waals surface area contributed by atoms with Crippen LogP contribution >= 0.6 is 11.6 Å². The number of carbonyl (C=O) groups is 2. The lowest BCUT2D eigenvalue weighted by Crippen LogP contribution is -2.30. The highest BCUT2D eigenvalue weighted by atomic mass is 35.5. The Morgan fingerprint density at radius 1 is 1.25 bits per heavy atom. The molecule has 0 aliphatic carbocycles. The van der Waals surface area contributed by atoms with Crippen molar-refractivity contribution in [3.8, 4) is 0 Å². The topological polar surface area (TPSA) is 81.4 Å². The zero-order valence-corrected chi connectivity index (χ0v) is 13.9. The molecule has 0 saturated heterocycles. The maximum Gasteiger partial charge on any atom is 0.341 e. The van der Waals surface area contributed by atoms with E-state index in [0.29, 0.717) is 10.6 Å². The molecular formula is C17H16ClFN2O3. The van der Waals surface area contributed by atoms with E-state index in [1.807, 2.05) is 0 Å². The molecule has 2 rings (SSSR count). The third-order valence-corrected chi connectivity index (χ3v) is 3.56. The predicted octanol–water partition coefficient (Wildman–Crippen LogP) is 3.55. The van der Waals surface area contributed by atoms with Gasteiger partial charge in [-0.2, -0.15) is 0 Å². The second-order valence-electron chi connectivity index (χ2n) is 5.23. The van der Waals surface area contributed by atoms with Crippen molar-refractivity contribution >= 4 is 34.9 Å². The molecule has 126 valence electrons. The van der Waals surface area contributed by atoms with Crippen molar-refractivity contribution in [3.05, 3.63) is 58.4 Å². The molecule has 1 amide bonds. The van der Waals surface area contributed by atoms with Gasteiger partial charge >= 0.3 is 5.97 Å². The number of nitrogens with one attached hydrogen (secondary N) is 1. The standard InChI is InChI=1S/C17H16ClFN2O3/c1-9-3-5-12(8-14(9)19)21-16(22)10(2)24-17(23)13-6-4-11(18)7-15(13)20/h3-8,10H,20H2,1-2H3,(H,21,22)/t10-/m1/s1. The van der Waals surface area contributed by atoms with E-state index in [0.717, 1.165) is 0 Å². The maximum absolute atomic E-state index is 13.5. The summed E-state index contributed by atoms with van der Waals surface area (Å²) in [4.78, 5) is 24.1. The second kappa shape index (κ2) is 7.31. The Balaban J connectivity index is 2.02. The summed E-state index contributed by atoms with van der Waals surface area (Å²) in [5.74, 6) is -1.77. The minimum atomic E-state index is -1.09. The number of halogens is 2. The smallest absolute Gasteiger partial charge is 0.341 e. The molecule has 0 radical (unpaired) electrons. The number of esters is 1. The van der Waals surface area contributed by atoms with E-state index in [9.17, 15) is 14.0 Å². The van der Waals surface area contributed by atoms with Gasteiger partial charge in [0, 0.05) is 16.4 Å². The monoisotopic (exact) mass is 350 g/mol. The summed E-state index contributed by atoms with van der Waals surface area (Å²) >= 11 is 5.77. The lowest BCUT2D eigenvalue weighted by atomic mass is 10.2. The number of anilines is 2. The molecule has 0 bridgehead atoms. The average molecular weight is 351 g/mol. The van der Waals surface area contributed by atoms with Gasteiger partial charge < -0.3 is 15.8 Å². The van der Waals surface area contributed by atoms with Crippen LogP contribution in [-0.2, 0) is 9.53 Å². The Bertz CT molecular complexity index is 795. The molecule has 24 heavy (non-hydrogen) atoms. The van der Waals surface area contributed by atoms with Crippen molar-refractivity contribution in [1.82, 2.24) is 0 Å². The summed E-state index contributed by atoms with van der Waals surface area (Å²) in [6.07, 6.45) is -1.09. The van der Waals surface area contributed by atoms with Gasteiger partial charge in [-0.15, -0.1) is 0 Å². The van der Waals surface area contributed by atoms with Crippen molar-refractivity contribution in [1.29, 1.82) is 0 Å². The van der Waals surface area contributed by atoms with Crippen LogP contribution in [0.15, 0.2) is 36.4 Å². The molecule has 0 spiro atoms. The number of benzene rings is 2. The highest BCUT2D eigenvalue weighted by Gasteiger charge is 2.20. The van der Waals surface area contributed by atoms with E-state index in [1.165, 1.54) is 37.3 Å². The molecule has 0 aliphatic heterocycles. The largest absolute Gasteiger partial charge is 0.449 e. The van der Waals surface area contributed by atoms with Crippen molar-refractivity contribution in [2.24, 2.45) is 0 Å². The fraction of sp³-hybridized carbons (Fsp3) is 0.176. The van der Waals surface area contributed by atoms with Crippen molar-refractivity contribution < 1.29 is 18.7 Å². The summed E-state index contributed by atoms with van der Waals surface area (Å²) < 4.78 is 18.6. The van der Waals surface area contributed by atoms with Crippen LogP contribution in [-0.4, -0.2) is 18.0 Å². The number of amides is 1. The summed E-state index contributed by atoms with van der Waals surface area (Å²) in [6, 6.07) is 8.61. The summed E-state index contributed by atoms with van der Waals surface area (Å²) in [5, 5.41) is 2.87.